The van der Waals surface area contributed by atoms with Crippen LogP contribution in [0.2, 0.25) is 0 Å². The standard InChI is InChI=1S/C14H20N2O2.C8H15NO2.C6H5NO.39CH4/c1-2-18-14(17)13-5-9-16(10-6-13)11-12-3-7-15-8-4-12;1-2-11-8(10)7-3-5-9-6-4-7;8-5-6-1-3-7-4-2-6;;;;;;;;;;;;;;;;;;;;;;;;;;;;;;;;;;;;;;;/h3-4,7-8,13H,2,5-6,9-11H2,1H3;7,9H,2-6H2,1H3;1-5H;39*1H4. The maximum Gasteiger partial charge on any atom is 0.309 e. The van der Waals surface area contributed by atoms with Gasteiger partial charge in [-0.1, -0.05) is 290 Å². The molecule has 9 nitrogen and oxygen atoms in total. The van der Waals surface area contributed by atoms with Crippen molar-refractivity contribution >= 4 is 18.2 Å². The van der Waals surface area contributed by atoms with Crippen molar-refractivity contribution in [1.82, 2.24) is 20.2 Å². The molecule has 0 aliphatic carbocycles. The summed E-state index contributed by atoms with van der Waals surface area (Å²) in [4.78, 5) is 42.9. The van der Waals surface area contributed by atoms with Crippen molar-refractivity contribution in [3.05, 3.63) is 60.2 Å². The minimum Gasteiger partial charge on any atom is -0.466 e. The fourth-order valence-corrected chi connectivity index (χ4v) is 4.09. The van der Waals surface area contributed by atoms with Crippen molar-refractivity contribution in [2.45, 2.75) is 336 Å². The van der Waals surface area contributed by atoms with Crippen LogP contribution in [0.4, 0.5) is 0 Å². The van der Waals surface area contributed by atoms with Gasteiger partial charge < -0.3 is 14.8 Å². The van der Waals surface area contributed by atoms with Gasteiger partial charge in [0, 0.05) is 36.9 Å². The lowest BCUT2D eigenvalue weighted by molar-refractivity contribution is -0.150. The summed E-state index contributed by atoms with van der Waals surface area (Å²) in [6.45, 7) is 9.46. The molecule has 2 aliphatic heterocycles. The highest BCUT2D eigenvalue weighted by Gasteiger charge is 2.25. The van der Waals surface area contributed by atoms with Crippen LogP contribution in [0.15, 0.2) is 49.1 Å². The Kier molecular flexibility index (Phi) is 801. The summed E-state index contributed by atoms with van der Waals surface area (Å²) in [6.07, 6.45) is 11.3. The van der Waals surface area contributed by atoms with Crippen molar-refractivity contribution in [3.8, 4) is 0 Å². The third-order valence-electron chi connectivity index (χ3n) is 6.16. The molecule has 514 valence electrons. The summed E-state index contributed by atoms with van der Waals surface area (Å²) >= 11 is 0. The van der Waals surface area contributed by atoms with E-state index in [9.17, 15) is 14.4 Å². The highest BCUT2D eigenvalue weighted by atomic mass is 16.5. The van der Waals surface area contributed by atoms with Gasteiger partial charge in [-0.3, -0.25) is 29.3 Å². The number of nitrogens with zero attached hydrogens (tertiary/aromatic N) is 3. The molecule has 1 N–H and O–H groups in total. The van der Waals surface area contributed by atoms with Gasteiger partial charge in [-0.15, -0.1) is 0 Å². The number of esters is 2. The molecule has 0 saturated carbocycles. The summed E-state index contributed by atoms with van der Waals surface area (Å²) in [6, 6.07) is 7.40. The Balaban J connectivity index is -0.00000000649. The van der Waals surface area contributed by atoms with Crippen LogP contribution in [-0.4, -0.2) is 72.5 Å². The van der Waals surface area contributed by atoms with Gasteiger partial charge in [0.05, 0.1) is 25.0 Å². The highest BCUT2D eigenvalue weighted by Crippen LogP contribution is 2.20. The fourth-order valence-electron chi connectivity index (χ4n) is 4.09. The zero-order valence-electron chi connectivity index (χ0n) is 22.0. The monoisotopic (exact) mass is 1140 g/mol. The first-order valence-corrected chi connectivity index (χ1v) is 13.1. The maximum atomic E-state index is 11.6. The number of nitrogens with one attached hydrogen (secondary N) is 1. The molecule has 76 heavy (non-hydrogen) atoms. The van der Waals surface area contributed by atoms with E-state index >= 15 is 0 Å². The number of ether oxygens (including phenoxy) is 2. The SMILES string of the molecule is C.C.C.C.C.C.C.C.C.C.C.C.C.C.C.C.C.C.C.C.C.C.C.C.C.C.C.C.C.C.C.C.C.C.C.C.C.C.C.CCOC(=O)C1CCN(Cc2ccncc2)CC1.CCOC(=O)C1CCNCC1.O=Cc1ccncc1. The van der Waals surface area contributed by atoms with Crippen LogP contribution in [0.25, 0.3) is 0 Å². The van der Waals surface area contributed by atoms with Gasteiger partial charge in [-0.05, 0) is 95.5 Å². The van der Waals surface area contributed by atoms with Gasteiger partial charge in [-0.2, -0.15) is 0 Å². The van der Waals surface area contributed by atoms with E-state index in [-0.39, 0.29) is 313 Å². The quantitative estimate of drug-likeness (QED) is 0.214. The van der Waals surface area contributed by atoms with Crippen LogP contribution in [0.3, 0.4) is 0 Å². The van der Waals surface area contributed by atoms with E-state index in [1.54, 1.807) is 24.5 Å². The molecule has 2 aromatic rings. The number of rotatable bonds is 7. The summed E-state index contributed by atoms with van der Waals surface area (Å²) < 4.78 is 9.98. The molecule has 4 rings (SSSR count). The molecule has 9 heteroatoms. The van der Waals surface area contributed by atoms with Crippen molar-refractivity contribution in [2.75, 3.05) is 39.4 Å². The molecule has 2 aliphatic rings. The second kappa shape index (κ2) is 196. The summed E-state index contributed by atoms with van der Waals surface area (Å²) in [5, 5.41) is 3.20. The molecular weight excluding hydrogens is 941 g/mol. The van der Waals surface area contributed by atoms with Gasteiger partial charge in [0.2, 0.25) is 0 Å². The molecule has 0 amide bonds. The van der Waals surface area contributed by atoms with E-state index in [0.29, 0.717) is 18.8 Å². The van der Waals surface area contributed by atoms with Crippen molar-refractivity contribution in [1.29, 1.82) is 0 Å². The number of likely N-dealkylation sites (tertiary alicyclic amines) is 1. The Morgan fingerprint density at radius 1 is 0.434 bits per heavy atom. The molecule has 2 aromatic heterocycles. The first-order chi connectivity index (χ1) is 18.1. The lowest BCUT2D eigenvalue weighted by Gasteiger charge is -2.30. The first-order valence-electron chi connectivity index (χ1n) is 13.1. The van der Waals surface area contributed by atoms with Gasteiger partial charge >= 0.3 is 11.9 Å². The van der Waals surface area contributed by atoms with Crippen LogP contribution in [0, 0.1) is 11.8 Å². The Bertz CT molecular complexity index is 910. The van der Waals surface area contributed by atoms with Gasteiger partial charge in [0.15, 0.2) is 0 Å². The van der Waals surface area contributed by atoms with E-state index < -0.39 is 0 Å². The van der Waals surface area contributed by atoms with Crippen molar-refractivity contribution in [3.63, 3.8) is 0 Å². The molecule has 0 spiro atoms. The summed E-state index contributed by atoms with van der Waals surface area (Å²) in [5.41, 5.74) is 1.94. The summed E-state index contributed by atoms with van der Waals surface area (Å²) in [5.74, 6) is 0.199. The third-order valence-corrected chi connectivity index (χ3v) is 6.16. The number of piperidine rings is 2. The number of hydrogen-bond acceptors (Lipinski definition) is 9. The zero-order chi connectivity index (χ0) is 26.7. The molecule has 0 bridgehead atoms. The average Bonchev–Trinajstić information content (AvgIpc) is 2.96. The van der Waals surface area contributed by atoms with E-state index in [1.807, 2.05) is 38.4 Å². The van der Waals surface area contributed by atoms with Crippen LogP contribution < -0.4 is 5.32 Å². The van der Waals surface area contributed by atoms with E-state index in [1.165, 1.54) is 5.56 Å². The zero-order valence-corrected chi connectivity index (χ0v) is 22.0. The molecule has 0 atom stereocenters. The Morgan fingerprint density at radius 3 is 0.895 bits per heavy atom. The Hall–Kier alpha value is -3.17. The number of pyridine rings is 2. The Morgan fingerprint density at radius 2 is 0.671 bits per heavy atom. The van der Waals surface area contributed by atoms with Crippen molar-refractivity contribution in [2.24, 2.45) is 11.8 Å². The fraction of sp³-hybridized carbons (Fsp3) is 0.806. The van der Waals surface area contributed by atoms with Gasteiger partial charge in [0.25, 0.3) is 0 Å². The lowest BCUT2D eigenvalue weighted by atomic mass is 9.97. The average molecular weight is 1140 g/mol. The number of aromatic nitrogens is 2. The largest absolute Gasteiger partial charge is 0.466 e. The highest BCUT2D eigenvalue weighted by molar-refractivity contribution is 5.74. The third kappa shape index (κ3) is 134. The van der Waals surface area contributed by atoms with Gasteiger partial charge in [0.1, 0.15) is 6.29 Å². The van der Waals surface area contributed by atoms with Gasteiger partial charge in [-0.25, -0.2) is 0 Å². The number of aldehydes is 1. The smallest absolute Gasteiger partial charge is 0.309 e. The molecule has 2 saturated heterocycles. The molecule has 2 fully saturated rings. The van der Waals surface area contributed by atoms with E-state index in [2.05, 4.69) is 20.2 Å². The van der Waals surface area contributed by atoms with Crippen molar-refractivity contribution < 1.29 is 23.9 Å². The molecule has 4 heterocycles. The second-order valence-corrected chi connectivity index (χ2v) is 8.83. The van der Waals surface area contributed by atoms with E-state index in [4.69, 9.17) is 9.47 Å². The minimum atomic E-state index is -0.0268. The molecule has 0 unspecified atom stereocenters. The predicted octanol–water partition coefficient (Wildman–Crippen LogP) is 28.1. The molecule has 0 aromatic carbocycles. The maximum absolute atomic E-state index is 11.6. The van der Waals surface area contributed by atoms with Crippen LogP contribution >= 0.6 is 0 Å². The minimum absolute atomic E-state index is 0. The number of hydrogen-bond donors (Lipinski definition) is 1. The molecular formula is C67H196N4O5. The van der Waals surface area contributed by atoms with Crippen LogP contribution in [0.5, 0.6) is 0 Å². The normalized spacial score (nSPS) is 7.92. The lowest BCUT2D eigenvalue weighted by Crippen LogP contribution is -2.36. The molecule has 0 radical (unpaired) electrons. The Labute approximate surface area is 507 Å². The van der Waals surface area contributed by atoms with Crippen LogP contribution in [-0.2, 0) is 25.6 Å². The summed E-state index contributed by atoms with van der Waals surface area (Å²) in [7, 11) is 0. The number of carbonyl (C=O) groups is 3. The predicted molar refractivity (Wildman–Crippen MR) is 403 cm³/mol. The second-order valence-electron chi connectivity index (χ2n) is 8.83. The number of carbonyl (C=O) groups excluding carboxylic acids is 3. The first kappa shape index (κ1) is 310. The topological polar surface area (TPSA) is 111 Å². The van der Waals surface area contributed by atoms with Crippen LogP contribution in [0.1, 0.15) is 345 Å². The van der Waals surface area contributed by atoms with E-state index in [0.717, 1.165) is 64.7 Å².